The second-order valence-corrected chi connectivity index (χ2v) is 9.81. The number of nitro benzene ring substituents is 1. The number of carbonyl (C=O) groups excluding carboxylic acids is 1. The molecular weight excluding hydrogens is 406 g/mol. The molecular formula is C21H23N3O5S. The lowest BCUT2D eigenvalue weighted by Gasteiger charge is -2.27. The molecule has 1 N–H and O–H groups in total. The van der Waals surface area contributed by atoms with Gasteiger partial charge in [-0.1, -0.05) is 30.7 Å². The van der Waals surface area contributed by atoms with Gasteiger partial charge in [0.15, 0.2) is 0 Å². The van der Waals surface area contributed by atoms with Crippen LogP contribution in [0, 0.1) is 22.0 Å². The molecule has 2 saturated carbocycles. The Morgan fingerprint density at radius 3 is 2.50 bits per heavy atom. The summed E-state index contributed by atoms with van der Waals surface area (Å²) < 4.78 is 27.5. The first-order valence-electron chi connectivity index (χ1n) is 9.96. The fourth-order valence-corrected chi connectivity index (χ4v) is 6.03. The Labute approximate surface area is 175 Å². The lowest BCUT2D eigenvalue weighted by molar-refractivity contribution is -0.384. The number of anilines is 1. The molecule has 8 nitrogen and oxygen atoms in total. The van der Waals surface area contributed by atoms with E-state index in [0.717, 1.165) is 23.6 Å². The van der Waals surface area contributed by atoms with Crippen LogP contribution in [0.5, 0.6) is 0 Å². The van der Waals surface area contributed by atoms with Gasteiger partial charge in [-0.15, -0.1) is 0 Å². The first kappa shape index (κ1) is 20.3. The van der Waals surface area contributed by atoms with Crippen molar-refractivity contribution in [3.05, 3.63) is 64.7 Å². The Hall–Kier alpha value is -2.94. The molecule has 158 valence electrons. The Kier molecular flexibility index (Phi) is 5.46. The van der Waals surface area contributed by atoms with Crippen LogP contribution in [0.3, 0.4) is 0 Å². The lowest BCUT2D eigenvalue weighted by Crippen LogP contribution is -2.46. The maximum Gasteiger partial charge on any atom is 0.271 e. The van der Waals surface area contributed by atoms with Gasteiger partial charge in [-0.3, -0.25) is 19.2 Å². The Balaban J connectivity index is 1.62. The van der Waals surface area contributed by atoms with Crippen LogP contribution in [-0.4, -0.2) is 31.8 Å². The average Bonchev–Trinajstić information content (AvgIpc) is 3.36. The normalized spacial score (nSPS) is 22.6. The summed E-state index contributed by atoms with van der Waals surface area (Å²) in [4.78, 5) is 23.4. The predicted octanol–water partition coefficient (Wildman–Crippen LogP) is 3.09. The summed E-state index contributed by atoms with van der Waals surface area (Å²) in [6, 6.07) is 13.1. The van der Waals surface area contributed by atoms with Crippen molar-refractivity contribution < 1.29 is 18.1 Å². The number of nitrogens with one attached hydrogen (secondary N) is 1. The van der Waals surface area contributed by atoms with Crippen molar-refractivity contribution >= 4 is 27.3 Å². The van der Waals surface area contributed by atoms with Crippen molar-refractivity contribution in [1.82, 2.24) is 5.32 Å². The van der Waals surface area contributed by atoms with Crippen molar-refractivity contribution in [1.29, 1.82) is 0 Å². The summed E-state index contributed by atoms with van der Waals surface area (Å²) in [5, 5.41) is 14.2. The molecule has 1 amide bonds. The molecule has 0 aromatic heterocycles. The van der Waals surface area contributed by atoms with Crippen molar-refractivity contribution in [2.24, 2.45) is 11.8 Å². The van der Waals surface area contributed by atoms with Gasteiger partial charge in [0.05, 0.1) is 15.5 Å². The van der Waals surface area contributed by atoms with Gasteiger partial charge in [-0.05, 0) is 49.3 Å². The van der Waals surface area contributed by atoms with Gasteiger partial charge < -0.3 is 5.32 Å². The average molecular weight is 429 g/mol. The van der Waals surface area contributed by atoms with Crippen molar-refractivity contribution in [3.8, 4) is 0 Å². The molecule has 0 unspecified atom stereocenters. The number of carbonyl (C=O) groups is 1. The fraction of sp³-hybridized carbons (Fsp3) is 0.381. The molecule has 3 atom stereocenters. The van der Waals surface area contributed by atoms with Crippen LogP contribution >= 0.6 is 0 Å². The van der Waals surface area contributed by atoms with E-state index in [1.807, 2.05) is 0 Å². The zero-order valence-electron chi connectivity index (χ0n) is 16.3. The molecule has 0 heterocycles. The molecule has 0 radical (unpaired) electrons. The standard InChI is InChI=1S/C21H23N3O5S/c25-21(22-20-12-15-9-10-16(20)11-15)14-23(17-5-4-6-18(13-17)24(26)27)30(28,29)19-7-2-1-3-8-19/h1-8,13,15-16,20H,9-12,14H2,(H,22,25)/t15-,16+,20+/m0/s1. The van der Waals surface area contributed by atoms with E-state index in [9.17, 15) is 23.3 Å². The number of sulfonamides is 1. The molecule has 2 aromatic rings. The number of non-ortho nitro benzene ring substituents is 1. The summed E-state index contributed by atoms with van der Waals surface area (Å²) in [5.74, 6) is 0.690. The van der Waals surface area contributed by atoms with Crippen molar-refractivity contribution in [2.45, 2.75) is 36.6 Å². The van der Waals surface area contributed by atoms with Gasteiger partial charge in [0, 0.05) is 18.2 Å². The third-order valence-electron chi connectivity index (χ3n) is 6.03. The Morgan fingerprint density at radius 1 is 1.10 bits per heavy atom. The quantitative estimate of drug-likeness (QED) is 0.537. The molecule has 30 heavy (non-hydrogen) atoms. The minimum Gasteiger partial charge on any atom is -0.352 e. The van der Waals surface area contributed by atoms with Crippen molar-refractivity contribution in [3.63, 3.8) is 0 Å². The largest absolute Gasteiger partial charge is 0.352 e. The summed E-state index contributed by atoms with van der Waals surface area (Å²) in [6.45, 7) is -0.438. The monoisotopic (exact) mass is 429 g/mol. The number of nitro groups is 1. The molecule has 0 aliphatic heterocycles. The Morgan fingerprint density at radius 2 is 1.87 bits per heavy atom. The molecule has 2 fully saturated rings. The smallest absolute Gasteiger partial charge is 0.271 e. The molecule has 2 aliphatic carbocycles. The number of nitrogens with zero attached hydrogens (tertiary/aromatic N) is 2. The lowest BCUT2D eigenvalue weighted by atomic mass is 9.95. The van der Waals surface area contributed by atoms with E-state index in [4.69, 9.17) is 0 Å². The summed E-state index contributed by atoms with van der Waals surface area (Å²) in [7, 11) is -4.09. The third kappa shape index (κ3) is 4.02. The number of benzene rings is 2. The summed E-state index contributed by atoms with van der Waals surface area (Å²) in [6.07, 6.45) is 4.33. The van der Waals surface area contributed by atoms with Crippen LogP contribution in [0.2, 0.25) is 0 Å². The zero-order chi connectivity index (χ0) is 21.3. The van der Waals surface area contributed by atoms with Crippen molar-refractivity contribution in [2.75, 3.05) is 10.8 Å². The van der Waals surface area contributed by atoms with E-state index in [0.29, 0.717) is 11.8 Å². The second-order valence-electron chi connectivity index (χ2n) is 7.95. The molecule has 2 aromatic carbocycles. The highest BCUT2D eigenvalue weighted by Crippen LogP contribution is 2.44. The minimum atomic E-state index is -4.09. The first-order chi connectivity index (χ1) is 14.3. The van der Waals surface area contributed by atoms with Crippen LogP contribution in [0.1, 0.15) is 25.7 Å². The Bertz CT molecular complexity index is 1060. The fourth-order valence-electron chi connectivity index (χ4n) is 4.60. The highest BCUT2D eigenvalue weighted by atomic mass is 32.2. The molecule has 2 bridgehead atoms. The van der Waals surface area contributed by atoms with E-state index in [1.165, 1.54) is 42.8 Å². The molecule has 0 spiro atoms. The second kappa shape index (κ2) is 8.06. The van der Waals surface area contributed by atoms with Crippen LogP contribution in [0.4, 0.5) is 11.4 Å². The third-order valence-corrected chi connectivity index (χ3v) is 7.82. The highest BCUT2D eigenvalue weighted by Gasteiger charge is 2.40. The molecule has 0 saturated heterocycles. The van der Waals surface area contributed by atoms with E-state index in [-0.39, 0.29) is 22.3 Å². The van der Waals surface area contributed by atoms with Crippen LogP contribution in [-0.2, 0) is 14.8 Å². The van der Waals surface area contributed by atoms with E-state index in [1.54, 1.807) is 18.2 Å². The van der Waals surface area contributed by atoms with E-state index < -0.39 is 27.4 Å². The summed E-state index contributed by atoms with van der Waals surface area (Å²) in [5.41, 5.74) is -0.162. The first-order valence-corrected chi connectivity index (χ1v) is 11.4. The number of rotatable bonds is 7. The highest BCUT2D eigenvalue weighted by molar-refractivity contribution is 7.92. The van der Waals surface area contributed by atoms with Crippen LogP contribution in [0.25, 0.3) is 0 Å². The maximum absolute atomic E-state index is 13.3. The number of amides is 1. The summed E-state index contributed by atoms with van der Waals surface area (Å²) >= 11 is 0. The number of fused-ring (bicyclic) bond motifs is 2. The maximum atomic E-state index is 13.3. The SMILES string of the molecule is O=C(CN(c1cccc([N+](=O)[O-])c1)S(=O)(=O)c1ccccc1)N[C@@H]1C[C@H]2CC[C@@H]1C2. The van der Waals surface area contributed by atoms with E-state index >= 15 is 0 Å². The molecule has 2 aliphatic rings. The molecule has 9 heteroatoms. The van der Waals surface area contributed by atoms with Gasteiger partial charge >= 0.3 is 0 Å². The van der Waals surface area contributed by atoms with Gasteiger partial charge in [0.25, 0.3) is 15.7 Å². The number of hydrogen-bond acceptors (Lipinski definition) is 5. The predicted molar refractivity (Wildman–Crippen MR) is 111 cm³/mol. The van der Waals surface area contributed by atoms with Gasteiger partial charge in [0.2, 0.25) is 5.91 Å². The molecule has 4 rings (SSSR count). The topological polar surface area (TPSA) is 110 Å². The minimum absolute atomic E-state index is 0.0178. The van der Waals surface area contributed by atoms with Gasteiger partial charge in [0.1, 0.15) is 6.54 Å². The van der Waals surface area contributed by atoms with Crippen LogP contribution in [0.15, 0.2) is 59.5 Å². The number of hydrogen-bond donors (Lipinski definition) is 1. The zero-order valence-corrected chi connectivity index (χ0v) is 17.1. The van der Waals surface area contributed by atoms with Crippen LogP contribution < -0.4 is 9.62 Å². The van der Waals surface area contributed by atoms with Gasteiger partial charge in [-0.25, -0.2) is 8.42 Å². The van der Waals surface area contributed by atoms with E-state index in [2.05, 4.69) is 5.32 Å². The van der Waals surface area contributed by atoms with Gasteiger partial charge in [-0.2, -0.15) is 0 Å².